The van der Waals surface area contributed by atoms with Gasteiger partial charge in [0.25, 0.3) is 5.91 Å². The van der Waals surface area contributed by atoms with Crippen LogP contribution >= 0.6 is 11.6 Å². The van der Waals surface area contributed by atoms with E-state index in [9.17, 15) is 13.2 Å². The van der Waals surface area contributed by atoms with E-state index in [1.165, 1.54) is 9.21 Å². The summed E-state index contributed by atoms with van der Waals surface area (Å²) in [4.78, 5) is 14.7. The molecule has 0 unspecified atom stereocenters. The zero-order valence-corrected chi connectivity index (χ0v) is 18.5. The van der Waals surface area contributed by atoms with Gasteiger partial charge in [0.15, 0.2) is 0 Å². The molecule has 0 radical (unpaired) electrons. The van der Waals surface area contributed by atoms with Crippen molar-refractivity contribution in [3.05, 3.63) is 64.7 Å². The molecule has 0 aliphatic carbocycles. The van der Waals surface area contributed by atoms with Crippen molar-refractivity contribution >= 4 is 27.5 Å². The highest BCUT2D eigenvalue weighted by molar-refractivity contribution is 7.89. The first-order chi connectivity index (χ1) is 14.4. The molecule has 2 aromatic carbocycles. The standard InChI is InChI=1S/C21H26ClN3O4S/c1-29-19-8-6-17(7-9-19)21(26)24(16-18-4-2-3-5-20(18)22)14-15-30(27,28)25-12-10-23-11-13-25/h2-9,23H,10-16H2,1H3. The molecule has 1 N–H and O–H groups in total. The molecule has 9 heteroatoms. The molecule has 0 aromatic heterocycles. The van der Waals surface area contributed by atoms with Crippen LogP contribution in [-0.4, -0.2) is 69.1 Å². The maximum absolute atomic E-state index is 13.2. The number of methoxy groups -OCH3 is 1. The van der Waals surface area contributed by atoms with Crippen LogP contribution in [0.3, 0.4) is 0 Å². The molecule has 0 saturated carbocycles. The van der Waals surface area contributed by atoms with Crippen LogP contribution in [0.5, 0.6) is 5.75 Å². The van der Waals surface area contributed by atoms with Gasteiger partial charge in [0.1, 0.15) is 5.75 Å². The van der Waals surface area contributed by atoms with Crippen molar-refractivity contribution in [1.29, 1.82) is 0 Å². The quantitative estimate of drug-likeness (QED) is 0.665. The Morgan fingerprint density at radius 3 is 2.43 bits per heavy atom. The van der Waals surface area contributed by atoms with Gasteiger partial charge < -0.3 is 15.0 Å². The molecule has 1 saturated heterocycles. The fourth-order valence-electron chi connectivity index (χ4n) is 3.28. The number of amides is 1. The van der Waals surface area contributed by atoms with Crippen molar-refractivity contribution < 1.29 is 17.9 Å². The highest BCUT2D eigenvalue weighted by Crippen LogP contribution is 2.20. The van der Waals surface area contributed by atoms with Gasteiger partial charge in [0, 0.05) is 49.9 Å². The Balaban J connectivity index is 1.79. The molecule has 0 atom stereocenters. The molecule has 1 fully saturated rings. The Hall–Kier alpha value is -2.13. The summed E-state index contributed by atoms with van der Waals surface area (Å²) < 4.78 is 32.2. The van der Waals surface area contributed by atoms with Gasteiger partial charge in [-0.15, -0.1) is 0 Å². The highest BCUT2D eigenvalue weighted by Gasteiger charge is 2.26. The van der Waals surface area contributed by atoms with Crippen LogP contribution in [0.1, 0.15) is 15.9 Å². The predicted molar refractivity (Wildman–Crippen MR) is 117 cm³/mol. The maximum atomic E-state index is 13.2. The Kier molecular flexibility index (Phi) is 7.71. The number of benzene rings is 2. The largest absolute Gasteiger partial charge is 0.497 e. The van der Waals surface area contributed by atoms with E-state index in [1.807, 2.05) is 18.2 Å². The van der Waals surface area contributed by atoms with Gasteiger partial charge in [-0.3, -0.25) is 4.79 Å². The number of nitrogens with one attached hydrogen (secondary N) is 1. The third-order valence-corrected chi connectivity index (χ3v) is 7.25. The SMILES string of the molecule is COc1ccc(C(=O)N(CCS(=O)(=O)N2CCNCC2)Cc2ccccc2Cl)cc1. The number of piperazine rings is 1. The maximum Gasteiger partial charge on any atom is 0.254 e. The zero-order chi connectivity index (χ0) is 21.6. The lowest BCUT2D eigenvalue weighted by Crippen LogP contribution is -2.48. The van der Waals surface area contributed by atoms with Crippen LogP contribution in [0, 0.1) is 0 Å². The third-order valence-electron chi connectivity index (χ3n) is 5.03. The fraction of sp³-hybridized carbons (Fsp3) is 0.381. The van der Waals surface area contributed by atoms with Gasteiger partial charge in [-0.25, -0.2) is 8.42 Å². The molecule has 1 aliphatic rings. The number of hydrogen-bond acceptors (Lipinski definition) is 5. The predicted octanol–water partition coefficient (Wildman–Crippen LogP) is 2.23. The van der Waals surface area contributed by atoms with Crippen molar-refractivity contribution in [3.63, 3.8) is 0 Å². The first kappa shape index (κ1) is 22.6. The van der Waals surface area contributed by atoms with Gasteiger partial charge in [-0.05, 0) is 35.9 Å². The van der Waals surface area contributed by atoms with Crippen molar-refractivity contribution in [2.45, 2.75) is 6.54 Å². The number of carbonyl (C=O) groups excluding carboxylic acids is 1. The van der Waals surface area contributed by atoms with Gasteiger partial charge in [0.2, 0.25) is 10.0 Å². The van der Waals surface area contributed by atoms with E-state index in [1.54, 1.807) is 37.4 Å². The molecule has 0 spiro atoms. The van der Waals surface area contributed by atoms with Crippen molar-refractivity contribution in [2.24, 2.45) is 0 Å². The van der Waals surface area contributed by atoms with Crippen LogP contribution in [0.4, 0.5) is 0 Å². The van der Waals surface area contributed by atoms with Gasteiger partial charge in [-0.1, -0.05) is 29.8 Å². The van der Waals surface area contributed by atoms with E-state index in [0.717, 1.165) is 5.56 Å². The minimum Gasteiger partial charge on any atom is -0.497 e. The molecule has 7 nitrogen and oxygen atoms in total. The Bertz CT molecular complexity index is 960. The summed E-state index contributed by atoms with van der Waals surface area (Å²) in [7, 11) is -1.90. The van der Waals surface area contributed by atoms with Gasteiger partial charge in [-0.2, -0.15) is 4.31 Å². The topological polar surface area (TPSA) is 79.0 Å². The van der Waals surface area contributed by atoms with E-state index in [-0.39, 0.29) is 24.7 Å². The lowest BCUT2D eigenvalue weighted by Gasteiger charge is -2.29. The van der Waals surface area contributed by atoms with Crippen LogP contribution in [-0.2, 0) is 16.6 Å². The molecule has 0 bridgehead atoms. The summed E-state index contributed by atoms with van der Waals surface area (Å²) >= 11 is 6.28. The molecule has 3 rings (SSSR count). The van der Waals surface area contributed by atoms with Crippen molar-refractivity contribution in [1.82, 2.24) is 14.5 Å². The molecule has 2 aromatic rings. The number of halogens is 1. The number of ether oxygens (including phenoxy) is 1. The van der Waals surface area contributed by atoms with Crippen LogP contribution < -0.4 is 10.1 Å². The summed E-state index contributed by atoms with van der Waals surface area (Å²) in [5.74, 6) is 0.248. The van der Waals surface area contributed by atoms with Crippen LogP contribution in [0.2, 0.25) is 5.02 Å². The number of nitrogens with zero attached hydrogens (tertiary/aromatic N) is 2. The van der Waals surface area contributed by atoms with Gasteiger partial charge >= 0.3 is 0 Å². The van der Waals surface area contributed by atoms with Crippen molar-refractivity contribution in [2.75, 3.05) is 45.6 Å². The van der Waals surface area contributed by atoms with Crippen LogP contribution in [0.15, 0.2) is 48.5 Å². The normalized spacial score (nSPS) is 15.0. The monoisotopic (exact) mass is 451 g/mol. The summed E-state index contributed by atoms with van der Waals surface area (Å²) in [6, 6.07) is 14.0. The minimum atomic E-state index is -3.46. The number of rotatable bonds is 8. The molecular weight excluding hydrogens is 426 g/mol. The lowest BCUT2D eigenvalue weighted by atomic mass is 10.1. The lowest BCUT2D eigenvalue weighted by molar-refractivity contribution is 0.0753. The molecular formula is C21H26ClN3O4S. The Labute approximate surface area is 182 Å². The van der Waals surface area contributed by atoms with Crippen LogP contribution in [0.25, 0.3) is 0 Å². The second kappa shape index (κ2) is 10.3. The van der Waals surface area contributed by atoms with E-state index in [4.69, 9.17) is 16.3 Å². The highest BCUT2D eigenvalue weighted by atomic mass is 35.5. The molecule has 162 valence electrons. The van der Waals surface area contributed by atoms with Crippen molar-refractivity contribution in [3.8, 4) is 5.75 Å². The Morgan fingerprint density at radius 2 is 1.80 bits per heavy atom. The second-order valence-corrected chi connectivity index (χ2v) is 9.51. The Morgan fingerprint density at radius 1 is 1.13 bits per heavy atom. The van der Waals surface area contributed by atoms with E-state index >= 15 is 0 Å². The summed E-state index contributed by atoms with van der Waals surface area (Å²) in [6.07, 6.45) is 0. The molecule has 30 heavy (non-hydrogen) atoms. The summed E-state index contributed by atoms with van der Waals surface area (Å²) in [6.45, 7) is 2.45. The van der Waals surface area contributed by atoms with E-state index < -0.39 is 10.0 Å². The molecule has 1 amide bonds. The average molecular weight is 452 g/mol. The average Bonchev–Trinajstić information content (AvgIpc) is 2.78. The zero-order valence-electron chi connectivity index (χ0n) is 16.9. The third kappa shape index (κ3) is 5.72. The number of sulfonamides is 1. The summed E-state index contributed by atoms with van der Waals surface area (Å²) in [5, 5.41) is 3.68. The number of hydrogen-bond donors (Lipinski definition) is 1. The second-order valence-electron chi connectivity index (χ2n) is 7.01. The minimum absolute atomic E-state index is 0.0718. The number of carbonyl (C=O) groups is 1. The molecule has 1 aliphatic heterocycles. The summed E-state index contributed by atoms with van der Waals surface area (Å²) in [5.41, 5.74) is 1.23. The van der Waals surface area contributed by atoms with Gasteiger partial charge in [0.05, 0.1) is 12.9 Å². The van der Waals surface area contributed by atoms with E-state index in [2.05, 4.69) is 5.32 Å². The smallest absolute Gasteiger partial charge is 0.254 e. The van der Waals surface area contributed by atoms with E-state index in [0.29, 0.717) is 42.5 Å². The fourth-order valence-corrected chi connectivity index (χ4v) is 4.92. The molecule has 1 heterocycles. The first-order valence-electron chi connectivity index (χ1n) is 9.76. The first-order valence-corrected chi connectivity index (χ1v) is 11.7.